The van der Waals surface area contributed by atoms with E-state index in [1.165, 1.54) is 18.3 Å². The fraction of sp³-hybridized carbons (Fsp3) is 0.0455. The molecule has 0 atom stereocenters. The Morgan fingerprint density at radius 1 is 0.844 bits per heavy atom. The van der Waals surface area contributed by atoms with E-state index in [9.17, 15) is 22.8 Å². The van der Waals surface area contributed by atoms with Crippen molar-refractivity contribution in [3.8, 4) is 11.5 Å². The number of rotatable bonds is 6. The van der Waals surface area contributed by atoms with Crippen LogP contribution in [0.1, 0.15) is 6.42 Å². The van der Waals surface area contributed by atoms with Gasteiger partial charge < -0.3 is 20.4 Å². The van der Waals surface area contributed by atoms with Gasteiger partial charge in [0.05, 0.1) is 5.39 Å². The van der Waals surface area contributed by atoms with Crippen LogP contribution >= 0.6 is 0 Å². The third-order valence-electron chi connectivity index (χ3n) is 4.38. The van der Waals surface area contributed by atoms with Crippen LogP contribution in [0.15, 0.2) is 60.9 Å². The summed E-state index contributed by atoms with van der Waals surface area (Å²) in [5, 5.41) is 5.35. The van der Waals surface area contributed by atoms with Crippen LogP contribution in [0, 0.1) is 17.5 Å². The number of hydrogen-bond acceptors (Lipinski definition) is 4. The molecule has 0 fully saturated rings. The SMILES string of the molecule is O=C(CC(=O)Nc1ccc(Oc2ccnc3[nH]ccc23)c(F)c1)Nc1ccc(F)c(F)c1. The van der Waals surface area contributed by atoms with Crippen molar-refractivity contribution in [1.82, 2.24) is 9.97 Å². The Kier molecular flexibility index (Phi) is 5.75. The maximum Gasteiger partial charge on any atom is 0.233 e. The summed E-state index contributed by atoms with van der Waals surface area (Å²) in [6, 6.07) is 9.95. The van der Waals surface area contributed by atoms with E-state index in [-0.39, 0.29) is 17.1 Å². The molecule has 3 N–H and O–H groups in total. The predicted octanol–water partition coefficient (Wildman–Crippen LogP) is 4.74. The van der Waals surface area contributed by atoms with Crippen LogP contribution in [-0.4, -0.2) is 21.8 Å². The van der Waals surface area contributed by atoms with Crippen molar-refractivity contribution in [2.75, 3.05) is 10.6 Å². The Hall–Kier alpha value is -4.34. The summed E-state index contributed by atoms with van der Waals surface area (Å²) in [4.78, 5) is 31.0. The highest BCUT2D eigenvalue weighted by Crippen LogP contribution is 2.31. The molecule has 2 amide bonds. The van der Waals surface area contributed by atoms with Gasteiger partial charge in [0.2, 0.25) is 11.8 Å². The van der Waals surface area contributed by atoms with Crippen molar-refractivity contribution in [3.05, 3.63) is 78.4 Å². The summed E-state index contributed by atoms with van der Waals surface area (Å²) in [5.74, 6) is -4.04. The van der Waals surface area contributed by atoms with Gasteiger partial charge in [-0.25, -0.2) is 18.2 Å². The highest BCUT2D eigenvalue weighted by molar-refractivity contribution is 6.08. The lowest BCUT2D eigenvalue weighted by Gasteiger charge is -2.10. The summed E-state index contributed by atoms with van der Waals surface area (Å²) in [6.45, 7) is 0. The molecule has 0 unspecified atom stereocenters. The van der Waals surface area contributed by atoms with Crippen LogP contribution in [0.5, 0.6) is 11.5 Å². The van der Waals surface area contributed by atoms with Gasteiger partial charge in [-0.2, -0.15) is 0 Å². The Labute approximate surface area is 179 Å². The first-order valence-corrected chi connectivity index (χ1v) is 9.33. The number of H-pyrrole nitrogens is 1. The van der Waals surface area contributed by atoms with Crippen LogP contribution in [0.2, 0.25) is 0 Å². The highest BCUT2D eigenvalue weighted by atomic mass is 19.2. The lowest BCUT2D eigenvalue weighted by Crippen LogP contribution is -2.21. The fourth-order valence-corrected chi connectivity index (χ4v) is 2.93. The Balaban J connectivity index is 1.37. The molecule has 2 aromatic heterocycles. The molecule has 4 aromatic rings. The maximum atomic E-state index is 14.5. The number of carbonyl (C=O) groups is 2. The number of carbonyl (C=O) groups excluding carboxylic acids is 2. The molecule has 0 radical (unpaired) electrons. The van der Waals surface area contributed by atoms with E-state index in [0.717, 1.165) is 24.3 Å². The molecule has 0 aliphatic rings. The van der Waals surface area contributed by atoms with Crippen molar-refractivity contribution in [3.63, 3.8) is 0 Å². The first-order valence-electron chi connectivity index (χ1n) is 9.33. The number of ether oxygens (including phenoxy) is 1. The standard InChI is InChI=1S/C22H15F3N4O3/c23-15-3-1-12(9-16(15)24)28-20(30)11-21(31)29-13-2-4-19(17(25)10-13)32-18-6-8-27-22-14(18)5-7-26-22/h1-10H,11H2,(H,26,27)(H,28,30)(H,29,31). The number of amides is 2. The van der Waals surface area contributed by atoms with Crippen LogP contribution in [-0.2, 0) is 9.59 Å². The maximum absolute atomic E-state index is 14.5. The van der Waals surface area contributed by atoms with E-state index >= 15 is 0 Å². The largest absolute Gasteiger partial charge is 0.453 e. The van der Waals surface area contributed by atoms with Crippen LogP contribution in [0.3, 0.4) is 0 Å². The average molecular weight is 440 g/mol. The molecule has 0 saturated heterocycles. The van der Waals surface area contributed by atoms with E-state index in [2.05, 4.69) is 20.6 Å². The normalized spacial score (nSPS) is 10.7. The second kappa shape index (κ2) is 8.80. The summed E-state index contributed by atoms with van der Waals surface area (Å²) >= 11 is 0. The van der Waals surface area contributed by atoms with Crippen molar-refractivity contribution >= 4 is 34.2 Å². The van der Waals surface area contributed by atoms with E-state index in [0.29, 0.717) is 16.8 Å². The Morgan fingerprint density at radius 2 is 1.53 bits per heavy atom. The predicted molar refractivity (Wildman–Crippen MR) is 111 cm³/mol. The van der Waals surface area contributed by atoms with Crippen molar-refractivity contribution < 1.29 is 27.5 Å². The van der Waals surface area contributed by atoms with Gasteiger partial charge in [0.1, 0.15) is 17.8 Å². The molecular weight excluding hydrogens is 425 g/mol. The number of pyridine rings is 1. The quantitative estimate of drug-likeness (QED) is 0.378. The van der Waals surface area contributed by atoms with Gasteiger partial charge in [0, 0.05) is 35.9 Å². The number of aromatic nitrogens is 2. The highest BCUT2D eigenvalue weighted by Gasteiger charge is 2.14. The first kappa shape index (κ1) is 20.9. The number of anilines is 2. The lowest BCUT2D eigenvalue weighted by atomic mass is 10.2. The zero-order valence-electron chi connectivity index (χ0n) is 16.3. The zero-order valence-corrected chi connectivity index (χ0v) is 16.3. The Morgan fingerprint density at radius 3 is 2.22 bits per heavy atom. The fourth-order valence-electron chi connectivity index (χ4n) is 2.93. The van der Waals surface area contributed by atoms with Gasteiger partial charge in [0.25, 0.3) is 0 Å². The lowest BCUT2D eigenvalue weighted by molar-refractivity contribution is -0.123. The third kappa shape index (κ3) is 4.69. The molecular formula is C22H15F3N4O3. The van der Waals surface area contributed by atoms with E-state index in [1.807, 2.05) is 0 Å². The van der Waals surface area contributed by atoms with Crippen molar-refractivity contribution in [1.29, 1.82) is 0 Å². The number of hydrogen-bond donors (Lipinski definition) is 3. The van der Waals surface area contributed by atoms with E-state index in [1.54, 1.807) is 18.3 Å². The van der Waals surface area contributed by atoms with Crippen LogP contribution in [0.4, 0.5) is 24.5 Å². The molecule has 2 heterocycles. The molecule has 0 aliphatic heterocycles. The van der Waals surface area contributed by atoms with E-state index < -0.39 is 35.7 Å². The smallest absolute Gasteiger partial charge is 0.233 e. The molecule has 10 heteroatoms. The molecule has 162 valence electrons. The van der Waals surface area contributed by atoms with Gasteiger partial charge in [-0.3, -0.25) is 9.59 Å². The molecule has 0 spiro atoms. The van der Waals surface area contributed by atoms with Crippen LogP contribution < -0.4 is 15.4 Å². The summed E-state index contributed by atoms with van der Waals surface area (Å²) in [6.07, 6.45) is 2.59. The minimum absolute atomic E-state index is 0.00175. The minimum Gasteiger partial charge on any atom is -0.453 e. The molecule has 0 bridgehead atoms. The first-order chi connectivity index (χ1) is 15.4. The van der Waals surface area contributed by atoms with Gasteiger partial charge in [0.15, 0.2) is 23.2 Å². The topological polar surface area (TPSA) is 96.1 Å². The molecule has 0 saturated carbocycles. The molecule has 7 nitrogen and oxygen atoms in total. The van der Waals surface area contributed by atoms with Gasteiger partial charge in [-0.05, 0) is 36.4 Å². The van der Waals surface area contributed by atoms with E-state index in [4.69, 9.17) is 4.74 Å². The number of nitrogens with zero attached hydrogens (tertiary/aromatic N) is 1. The number of fused-ring (bicyclic) bond motifs is 1. The summed E-state index contributed by atoms with van der Waals surface area (Å²) < 4.78 is 46.2. The average Bonchev–Trinajstić information content (AvgIpc) is 3.22. The van der Waals surface area contributed by atoms with Gasteiger partial charge >= 0.3 is 0 Å². The second-order valence-electron chi connectivity index (χ2n) is 6.70. The molecule has 0 aliphatic carbocycles. The number of nitrogens with one attached hydrogen (secondary N) is 3. The molecule has 32 heavy (non-hydrogen) atoms. The number of benzene rings is 2. The minimum atomic E-state index is -1.13. The third-order valence-corrected chi connectivity index (χ3v) is 4.38. The number of aromatic amines is 1. The second-order valence-corrected chi connectivity index (χ2v) is 6.70. The van der Waals surface area contributed by atoms with Crippen LogP contribution in [0.25, 0.3) is 11.0 Å². The van der Waals surface area contributed by atoms with Crippen molar-refractivity contribution in [2.45, 2.75) is 6.42 Å². The summed E-state index contributed by atoms with van der Waals surface area (Å²) in [7, 11) is 0. The Bertz CT molecular complexity index is 1320. The van der Waals surface area contributed by atoms with Gasteiger partial charge in [-0.1, -0.05) is 0 Å². The monoisotopic (exact) mass is 440 g/mol. The summed E-state index contributed by atoms with van der Waals surface area (Å²) in [5.41, 5.74) is 0.706. The van der Waals surface area contributed by atoms with Gasteiger partial charge in [-0.15, -0.1) is 0 Å². The number of halogens is 3. The zero-order chi connectivity index (χ0) is 22.7. The molecule has 4 rings (SSSR count). The van der Waals surface area contributed by atoms with Crippen molar-refractivity contribution in [2.24, 2.45) is 0 Å². The molecule has 2 aromatic carbocycles.